The molecule has 0 aliphatic heterocycles. The molecule has 0 atom stereocenters. The van der Waals surface area contributed by atoms with E-state index in [4.69, 9.17) is 0 Å². The van der Waals surface area contributed by atoms with Crippen molar-refractivity contribution in [2.45, 2.75) is 39.5 Å². The molecular formula is C30H32. The topological polar surface area (TPSA) is 0 Å². The van der Waals surface area contributed by atoms with Crippen LogP contribution in [0.1, 0.15) is 61.1 Å². The van der Waals surface area contributed by atoms with Crippen molar-refractivity contribution in [2.24, 2.45) is 0 Å². The molecule has 4 aromatic carbocycles. The van der Waals surface area contributed by atoms with Crippen LogP contribution in [-0.2, 0) is 11.8 Å². The molecule has 0 fully saturated rings. The molecule has 0 bridgehead atoms. The Morgan fingerprint density at radius 1 is 0.433 bits per heavy atom. The van der Waals surface area contributed by atoms with Gasteiger partial charge in [0, 0.05) is 0 Å². The average molecular weight is 393 g/mol. The molecule has 30 heavy (non-hydrogen) atoms. The third kappa shape index (κ3) is 3.59. The highest BCUT2D eigenvalue weighted by Crippen LogP contribution is 2.50. The van der Waals surface area contributed by atoms with Gasteiger partial charge in [-0.3, -0.25) is 0 Å². The third-order valence-electron chi connectivity index (χ3n) is 5.64. The average Bonchev–Trinajstić information content (AvgIpc) is 2.86. The molecule has 0 heteroatoms. The van der Waals surface area contributed by atoms with Crippen LogP contribution in [0.4, 0.5) is 0 Å². The highest BCUT2D eigenvalue weighted by molar-refractivity contribution is 5.66. The highest BCUT2D eigenvalue weighted by atomic mass is 14.4. The molecule has 1 aliphatic rings. The van der Waals surface area contributed by atoms with Crippen LogP contribution in [-0.4, -0.2) is 0 Å². The van der Waals surface area contributed by atoms with E-state index in [0.717, 1.165) is 6.42 Å². The summed E-state index contributed by atoms with van der Waals surface area (Å²) in [5, 5.41) is 0. The van der Waals surface area contributed by atoms with E-state index in [9.17, 15) is 0 Å². The van der Waals surface area contributed by atoms with E-state index < -0.39 is 0 Å². The Bertz CT molecular complexity index is 958. The van der Waals surface area contributed by atoms with Crippen molar-refractivity contribution in [3.05, 3.63) is 143 Å². The van der Waals surface area contributed by atoms with Gasteiger partial charge >= 0.3 is 0 Å². The molecular weight excluding hydrogens is 360 g/mol. The Morgan fingerprint density at radius 3 is 1.17 bits per heavy atom. The van der Waals surface area contributed by atoms with Gasteiger partial charge in [-0.25, -0.2) is 0 Å². The first-order valence-electron chi connectivity index (χ1n) is 11.2. The maximum Gasteiger partial charge on any atom is 0.0707 e. The van der Waals surface area contributed by atoms with E-state index in [1.165, 1.54) is 33.4 Å². The molecule has 0 saturated carbocycles. The van der Waals surface area contributed by atoms with Gasteiger partial charge in [0.2, 0.25) is 0 Å². The van der Waals surface area contributed by atoms with Crippen LogP contribution in [0, 0.1) is 0 Å². The molecule has 5 rings (SSSR count). The smallest absolute Gasteiger partial charge is 0.0683 e. The Balaban J connectivity index is 0.000000606. The molecule has 0 nitrogen and oxygen atoms in total. The number of hydrogen-bond acceptors (Lipinski definition) is 0. The number of benzene rings is 4. The van der Waals surface area contributed by atoms with Crippen molar-refractivity contribution in [1.29, 1.82) is 0 Å². The second-order valence-corrected chi connectivity index (χ2v) is 6.97. The second-order valence-electron chi connectivity index (χ2n) is 6.97. The van der Waals surface area contributed by atoms with Crippen molar-refractivity contribution in [3.63, 3.8) is 0 Å². The van der Waals surface area contributed by atoms with E-state index in [0.29, 0.717) is 0 Å². The summed E-state index contributed by atoms with van der Waals surface area (Å²) in [5.41, 5.74) is 8.01. The van der Waals surface area contributed by atoms with Crippen LogP contribution >= 0.6 is 0 Å². The molecule has 1 aliphatic carbocycles. The first kappa shape index (κ1) is 21.6. The van der Waals surface area contributed by atoms with Gasteiger partial charge in [-0.1, -0.05) is 137 Å². The zero-order valence-corrected chi connectivity index (χ0v) is 18.6. The summed E-state index contributed by atoms with van der Waals surface area (Å²) >= 11 is 0. The fourth-order valence-electron chi connectivity index (χ4n) is 4.60. The quantitative estimate of drug-likeness (QED) is 0.285. The maximum atomic E-state index is 2.31. The molecule has 0 unspecified atom stereocenters. The molecule has 0 N–H and O–H groups in total. The van der Waals surface area contributed by atoms with E-state index in [1.807, 2.05) is 27.7 Å². The van der Waals surface area contributed by atoms with Gasteiger partial charge in [-0.15, -0.1) is 0 Å². The lowest BCUT2D eigenvalue weighted by Gasteiger charge is -2.42. The summed E-state index contributed by atoms with van der Waals surface area (Å²) in [4.78, 5) is 0. The molecule has 0 amide bonds. The summed E-state index contributed by atoms with van der Waals surface area (Å²) in [6, 6.07) is 39.7. The van der Waals surface area contributed by atoms with Crippen LogP contribution in [0.2, 0.25) is 0 Å². The van der Waals surface area contributed by atoms with Crippen LogP contribution < -0.4 is 0 Å². The third-order valence-corrected chi connectivity index (χ3v) is 5.64. The van der Waals surface area contributed by atoms with Gasteiger partial charge in [0.05, 0.1) is 5.41 Å². The Hall–Kier alpha value is -3.12. The van der Waals surface area contributed by atoms with E-state index in [1.54, 1.807) is 0 Å². The first-order valence-corrected chi connectivity index (χ1v) is 11.2. The van der Waals surface area contributed by atoms with Gasteiger partial charge in [0.25, 0.3) is 0 Å². The normalized spacial score (nSPS) is 12.8. The zero-order valence-electron chi connectivity index (χ0n) is 18.6. The summed E-state index contributed by atoms with van der Waals surface area (Å²) < 4.78 is 0. The van der Waals surface area contributed by atoms with Crippen molar-refractivity contribution < 1.29 is 0 Å². The van der Waals surface area contributed by atoms with Crippen LogP contribution in [0.5, 0.6) is 0 Å². The minimum absolute atomic E-state index is 0.270. The lowest BCUT2D eigenvalue weighted by atomic mass is 9.60. The van der Waals surface area contributed by atoms with Crippen molar-refractivity contribution in [1.82, 2.24) is 0 Å². The second kappa shape index (κ2) is 10.1. The fourth-order valence-corrected chi connectivity index (χ4v) is 4.60. The van der Waals surface area contributed by atoms with E-state index >= 15 is 0 Å². The van der Waals surface area contributed by atoms with Gasteiger partial charge in [0.1, 0.15) is 0 Å². The SMILES string of the molecule is CC.CC.c1ccc(C2(c3ccccc3)c3ccccc3Cc3ccccc32)cc1. The van der Waals surface area contributed by atoms with Crippen LogP contribution in [0.25, 0.3) is 0 Å². The number of fused-ring (bicyclic) bond motifs is 2. The van der Waals surface area contributed by atoms with Crippen molar-refractivity contribution in [3.8, 4) is 0 Å². The molecule has 4 aromatic rings. The number of rotatable bonds is 2. The summed E-state index contributed by atoms with van der Waals surface area (Å²) in [6.45, 7) is 8.00. The van der Waals surface area contributed by atoms with Crippen molar-refractivity contribution in [2.75, 3.05) is 0 Å². The fraction of sp³-hybridized carbons (Fsp3) is 0.200. The van der Waals surface area contributed by atoms with Crippen molar-refractivity contribution >= 4 is 0 Å². The minimum Gasteiger partial charge on any atom is -0.0683 e. The van der Waals surface area contributed by atoms with Gasteiger partial charge in [0.15, 0.2) is 0 Å². The Morgan fingerprint density at radius 2 is 0.767 bits per heavy atom. The Kier molecular flexibility index (Phi) is 7.25. The van der Waals surface area contributed by atoms with E-state index in [-0.39, 0.29) is 5.41 Å². The summed E-state index contributed by atoms with van der Waals surface area (Å²) in [6.07, 6.45) is 0.994. The monoisotopic (exact) mass is 392 g/mol. The summed E-state index contributed by atoms with van der Waals surface area (Å²) in [5.74, 6) is 0. The van der Waals surface area contributed by atoms with Crippen LogP contribution in [0.15, 0.2) is 109 Å². The van der Waals surface area contributed by atoms with Gasteiger partial charge in [-0.2, -0.15) is 0 Å². The Labute approximate surface area is 182 Å². The van der Waals surface area contributed by atoms with Gasteiger partial charge < -0.3 is 0 Å². The largest absolute Gasteiger partial charge is 0.0707 e. The predicted octanol–water partition coefficient (Wildman–Crippen LogP) is 8.03. The molecule has 0 radical (unpaired) electrons. The summed E-state index contributed by atoms with van der Waals surface area (Å²) in [7, 11) is 0. The molecule has 0 spiro atoms. The number of hydrogen-bond donors (Lipinski definition) is 0. The predicted molar refractivity (Wildman–Crippen MR) is 130 cm³/mol. The standard InChI is InChI=1S/C26H20.2C2H6/c1-3-13-22(14-4-1)26(23-15-5-2-6-16-23)24-17-9-7-11-20(24)19-21-12-8-10-18-25(21)26;2*1-2/h1-18H,19H2;2*1-2H3. The lowest BCUT2D eigenvalue weighted by Crippen LogP contribution is -2.36. The lowest BCUT2D eigenvalue weighted by molar-refractivity contribution is 0.703. The molecule has 0 heterocycles. The van der Waals surface area contributed by atoms with E-state index in [2.05, 4.69) is 109 Å². The highest BCUT2D eigenvalue weighted by Gasteiger charge is 2.43. The molecule has 0 saturated heterocycles. The maximum absolute atomic E-state index is 2.31. The molecule has 0 aromatic heterocycles. The zero-order chi connectivity index (χ0) is 21.4. The van der Waals surface area contributed by atoms with Gasteiger partial charge in [-0.05, 0) is 39.8 Å². The first-order chi connectivity index (χ1) is 14.9. The molecule has 152 valence electrons. The van der Waals surface area contributed by atoms with Crippen LogP contribution in [0.3, 0.4) is 0 Å². The minimum atomic E-state index is -0.270.